The Morgan fingerprint density at radius 3 is 1.77 bits per heavy atom. The average Bonchev–Trinajstić information content (AvgIpc) is 3.45. The van der Waals surface area contributed by atoms with Crippen molar-refractivity contribution in [1.82, 2.24) is 20.1 Å². The van der Waals surface area contributed by atoms with Crippen molar-refractivity contribution in [2.45, 2.75) is 18.5 Å². The second kappa shape index (κ2) is 12.2. The molecule has 1 atom stereocenters. The minimum atomic E-state index is -1.00. The lowest BCUT2D eigenvalue weighted by molar-refractivity contribution is 0.0594. The molecule has 44 heavy (non-hydrogen) atoms. The molecule has 0 spiro atoms. The molecule has 0 aliphatic heterocycles. The molecule has 4 aromatic carbocycles. The molecule has 6 rings (SSSR count). The van der Waals surface area contributed by atoms with Crippen LogP contribution in [0, 0.1) is 0 Å². The first-order valence-corrected chi connectivity index (χ1v) is 14.3. The molecular weight excluding hydrogens is 550 g/mol. The van der Waals surface area contributed by atoms with Gasteiger partial charge in [-0.15, -0.1) is 0 Å². The van der Waals surface area contributed by atoms with E-state index in [2.05, 4.69) is 15.6 Å². The first-order valence-electron chi connectivity index (χ1n) is 14.3. The number of amides is 2. The van der Waals surface area contributed by atoms with Crippen LogP contribution in [-0.4, -0.2) is 33.9 Å². The molecular formula is C36H31N5O3. The monoisotopic (exact) mass is 581 g/mol. The van der Waals surface area contributed by atoms with Crippen molar-refractivity contribution in [3.63, 3.8) is 0 Å². The number of benzene rings is 4. The summed E-state index contributed by atoms with van der Waals surface area (Å²) >= 11 is 0. The zero-order chi connectivity index (χ0) is 30.5. The number of aromatic nitrogens is 3. The van der Waals surface area contributed by atoms with Gasteiger partial charge in [-0.2, -0.15) is 5.10 Å². The maximum atomic E-state index is 13.1. The minimum absolute atomic E-state index is 0.121. The molecule has 0 aliphatic rings. The van der Waals surface area contributed by atoms with Gasteiger partial charge in [0.2, 0.25) is 0 Å². The van der Waals surface area contributed by atoms with Crippen LogP contribution >= 0.6 is 0 Å². The number of pyridine rings is 1. The third-order valence-corrected chi connectivity index (χ3v) is 7.73. The van der Waals surface area contributed by atoms with Crippen LogP contribution in [0.15, 0.2) is 134 Å². The van der Waals surface area contributed by atoms with Crippen LogP contribution in [0.2, 0.25) is 0 Å². The summed E-state index contributed by atoms with van der Waals surface area (Å²) in [5, 5.41) is 11.3. The van der Waals surface area contributed by atoms with E-state index >= 15 is 0 Å². The lowest BCUT2D eigenvalue weighted by Gasteiger charge is -2.37. The van der Waals surface area contributed by atoms with E-state index < -0.39 is 17.5 Å². The number of esters is 1. The van der Waals surface area contributed by atoms with Gasteiger partial charge < -0.3 is 10.1 Å². The number of ether oxygens (including phenoxy) is 1. The van der Waals surface area contributed by atoms with Gasteiger partial charge in [0.05, 0.1) is 24.1 Å². The van der Waals surface area contributed by atoms with Crippen LogP contribution in [0.1, 0.15) is 45.7 Å². The smallest absolute Gasteiger partial charge is 0.359 e. The minimum Gasteiger partial charge on any atom is -0.464 e. The Hall–Kier alpha value is -5.76. The number of urea groups is 1. The van der Waals surface area contributed by atoms with Crippen LogP contribution in [0.3, 0.4) is 0 Å². The highest BCUT2D eigenvalue weighted by atomic mass is 16.5. The number of fused-ring (bicyclic) bond motifs is 1. The normalized spacial score (nSPS) is 12.0. The van der Waals surface area contributed by atoms with Crippen LogP contribution in [-0.2, 0) is 10.3 Å². The van der Waals surface area contributed by atoms with E-state index in [4.69, 9.17) is 9.84 Å². The fourth-order valence-corrected chi connectivity index (χ4v) is 5.66. The average molecular weight is 582 g/mol. The molecule has 0 saturated heterocycles. The summed E-state index contributed by atoms with van der Waals surface area (Å²) in [4.78, 5) is 30.7. The quantitative estimate of drug-likeness (QED) is 0.150. The Labute approximate surface area is 255 Å². The van der Waals surface area contributed by atoms with E-state index in [1.54, 1.807) is 12.3 Å². The van der Waals surface area contributed by atoms with E-state index in [0.717, 1.165) is 22.3 Å². The highest BCUT2D eigenvalue weighted by Crippen LogP contribution is 2.43. The van der Waals surface area contributed by atoms with E-state index in [1.165, 1.54) is 7.11 Å². The molecule has 2 N–H and O–H groups in total. The van der Waals surface area contributed by atoms with Gasteiger partial charge in [0.1, 0.15) is 11.4 Å². The van der Waals surface area contributed by atoms with Crippen molar-refractivity contribution in [2.75, 3.05) is 12.4 Å². The highest BCUT2D eigenvalue weighted by Gasteiger charge is 2.41. The van der Waals surface area contributed by atoms with E-state index in [1.807, 2.05) is 133 Å². The number of rotatable bonds is 8. The maximum absolute atomic E-state index is 13.1. The van der Waals surface area contributed by atoms with Crippen LogP contribution in [0.4, 0.5) is 10.6 Å². The summed E-state index contributed by atoms with van der Waals surface area (Å²) in [6, 6.07) is 40.9. The molecule has 218 valence electrons. The summed E-state index contributed by atoms with van der Waals surface area (Å²) < 4.78 is 6.99. The molecule has 0 bridgehead atoms. The molecule has 0 radical (unpaired) electrons. The standard InChI is InChI=1S/C36H31N5O3/c1-25(26-15-7-3-8-16-26)38-35(43)39-32-23-31-30(24-37-32)33(34(42)44-2)40-41(31)36(27-17-9-4-10-18-27,28-19-11-5-12-20-28)29-21-13-6-14-22-29/h3-25H,1-2H3,(H2,37,38,39,43). The van der Waals surface area contributed by atoms with Crippen molar-refractivity contribution < 1.29 is 14.3 Å². The van der Waals surface area contributed by atoms with E-state index in [-0.39, 0.29) is 11.7 Å². The molecule has 1 unspecified atom stereocenters. The fourth-order valence-electron chi connectivity index (χ4n) is 5.66. The van der Waals surface area contributed by atoms with Crippen molar-refractivity contribution in [3.8, 4) is 0 Å². The summed E-state index contributed by atoms with van der Waals surface area (Å²) in [7, 11) is 1.33. The predicted molar refractivity (Wildman–Crippen MR) is 170 cm³/mol. The summed E-state index contributed by atoms with van der Waals surface area (Å²) in [6.07, 6.45) is 1.55. The van der Waals surface area contributed by atoms with Crippen molar-refractivity contribution >= 4 is 28.7 Å². The van der Waals surface area contributed by atoms with E-state index in [0.29, 0.717) is 16.7 Å². The highest BCUT2D eigenvalue weighted by molar-refractivity contribution is 6.03. The number of carbonyl (C=O) groups excluding carboxylic acids is 2. The van der Waals surface area contributed by atoms with Gasteiger partial charge in [-0.1, -0.05) is 121 Å². The van der Waals surface area contributed by atoms with Crippen LogP contribution in [0.25, 0.3) is 10.9 Å². The Kier molecular flexibility index (Phi) is 7.88. The summed E-state index contributed by atoms with van der Waals surface area (Å²) in [6.45, 7) is 1.91. The Morgan fingerprint density at radius 2 is 1.27 bits per heavy atom. The molecule has 0 saturated carbocycles. The van der Waals surface area contributed by atoms with E-state index in [9.17, 15) is 9.59 Å². The van der Waals surface area contributed by atoms with Gasteiger partial charge in [0, 0.05) is 12.3 Å². The van der Waals surface area contributed by atoms with Gasteiger partial charge in [-0.25, -0.2) is 19.3 Å². The second-order valence-electron chi connectivity index (χ2n) is 10.4. The van der Waals surface area contributed by atoms with Crippen LogP contribution < -0.4 is 10.6 Å². The van der Waals surface area contributed by atoms with Gasteiger partial charge in [0.25, 0.3) is 0 Å². The van der Waals surface area contributed by atoms with Gasteiger partial charge in [0.15, 0.2) is 5.69 Å². The summed E-state index contributed by atoms with van der Waals surface area (Å²) in [5.74, 6) is -0.287. The summed E-state index contributed by atoms with van der Waals surface area (Å²) in [5.41, 5.74) is 3.47. The third kappa shape index (κ3) is 5.18. The molecule has 2 amide bonds. The molecule has 2 heterocycles. The number of methoxy groups -OCH3 is 1. The molecule has 8 heteroatoms. The number of carbonyl (C=O) groups is 2. The number of hydrogen-bond acceptors (Lipinski definition) is 5. The topological polar surface area (TPSA) is 98.1 Å². The number of nitrogens with zero attached hydrogens (tertiary/aromatic N) is 3. The van der Waals surface area contributed by atoms with Crippen molar-refractivity contribution in [3.05, 3.63) is 162 Å². The first-order chi connectivity index (χ1) is 21.5. The second-order valence-corrected chi connectivity index (χ2v) is 10.4. The zero-order valence-electron chi connectivity index (χ0n) is 24.3. The SMILES string of the molecule is COC(=O)c1nn(C(c2ccccc2)(c2ccccc2)c2ccccc2)c2cc(NC(=O)NC(C)c3ccccc3)ncc12. The van der Waals surface area contributed by atoms with Crippen molar-refractivity contribution in [2.24, 2.45) is 0 Å². The first kappa shape index (κ1) is 28.4. The number of anilines is 1. The van der Waals surface area contributed by atoms with Gasteiger partial charge in [-0.05, 0) is 29.2 Å². The lowest BCUT2D eigenvalue weighted by atomic mass is 9.77. The third-order valence-electron chi connectivity index (χ3n) is 7.73. The van der Waals surface area contributed by atoms with Crippen LogP contribution in [0.5, 0.6) is 0 Å². The zero-order valence-corrected chi connectivity index (χ0v) is 24.3. The number of hydrogen-bond donors (Lipinski definition) is 2. The Bertz CT molecular complexity index is 1800. The fraction of sp³-hybridized carbons (Fsp3) is 0.111. The molecule has 0 aliphatic carbocycles. The Balaban J connectivity index is 1.55. The molecule has 8 nitrogen and oxygen atoms in total. The lowest BCUT2D eigenvalue weighted by Crippen LogP contribution is -2.38. The predicted octanol–water partition coefficient (Wildman–Crippen LogP) is 6.94. The van der Waals surface area contributed by atoms with Crippen molar-refractivity contribution in [1.29, 1.82) is 0 Å². The van der Waals surface area contributed by atoms with Gasteiger partial charge in [-0.3, -0.25) is 5.32 Å². The molecule has 2 aromatic heterocycles. The maximum Gasteiger partial charge on any atom is 0.359 e. The molecule has 6 aromatic rings. The largest absolute Gasteiger partial charge is 0.464 e. The molecule has 0 fully saturated rings. The van der Waals surface area contributed by atoms with Gasteiger partial charge >= 0.3 is 12.0 Å². The Morgan fingerprint density at radius 1 is 0.773 bits per heavy atom. The number of nitrogens with one attached hydrogen (secondary N) is 2.